The third kappa shape index (κ3) is 5.52. The lowest BCUT2D eigenvalue weighted by Crippen LogP contribution is -2.53. The molecule has 4 aromatic carbocycles. The first kappa shape index (κ1) is 33.9. The van der Waals surface area contributed by atoms with E-state index in [1.54, 1.807) is 53.4 Å². The number of carboxylic acid groups (broad SMARTS) is 1. The van der Waals surface area contributed by atoms with Gasteiger partial charge in [0.1, 0.15) is 42.4 Å². The predicted octanol–water partition coefficient (Wildman–Crippen LogP) is 4.59. The van der Waals surface area contributed by atoms with Crippen molar-refractivity contribution in [3.63, 3.8) is 0 Å². The van der Waals surface area contributed by atoms with Crippen LogP contribution in [0.4, 0.5) is 10.5 Å². The lowest BCUT2D eigenvalue weighted by Gasteiger charge is -2.46. The number of cyclic esters (lactones) is 1. The molecule has 3 aliphatic rings. The van der Waals surface area contributed by atoms with Crippen molar-refractivity contribution < 1.29 is 48.3 Å². The molecule has 4 aromatic rings. The summed E-state index contributed by atoms with van der Waals surface area (Å²) in [7, 11) is 1.45. The van der Waals surface area contributed by atoms with Crippen LogP contribution in [0.3, 0.4) is 0 Å². The Hall–Kier alpha value is -5.56. The number of hydrogen-bond acceptors (Lipinski definition) is 10. The van der Waals surface area contributed by atoms with Gasteiger partial charge in [0, 0.05) is 7.11 Å². The fourth-order valence-electron chi connectivity index (χ4n) is 8.01. The normalized spacial score (nSPS) is 25.3. The zero-order valence-corrected chi connectivity index (χ0v) is 27.7. The van der Waals surface area contributed by atoms with Gasteiger partial charge in [-0.25, -0.2) is 9.69 Å². The van der Waals surface area contributed by atoms with Crippen molar-refractivity contribution in [1.29, 1.82) is 0 Å². The van der Waals surface area contributed by atoms with Gasteiger partial charge in [0.05, 0.1) is 31.0 Å². The van der Waals surface area contributed by atoms with Crippen LogP contribution in [0.1, 0.15) is 40.4 Å². The van der Waals surface area contributed by atoms with Crippen LogP contribution in [0.2, 0.25) is 0 Å². The minimum absolute atomic E-state index is 0.0503. The average molecular weight is 693 g/mol. The summed E-state index contributed by atoms with van der Waals surface area (Å²) in [6.07, 6.45) is -1.88. The van der Waals surface area contributed by atoms with E-state index >= 15 is 4.79 Å². The number of nitrogens with zero attached hydrogens (tertiary/aromatic N) is 2. The highest BCUT2D eigenvalue weighted by molar-refractivity contribution is 6.23. The van der Waals surface area contributed by atoms with E-state index in [-0.39, 0.29) is 37.7 Å². The van der Waals surface area contributed by atoms with E-state index in [2.05, 4.69) is 0 Å². The van der Waals surface area contributed by atoms with Crippen molar-refractivity contribution in [3.05, 3.63) is 131 Å². The van der Waals surface area contributed by atoms with Gasteiger partial charge in [-0.15, -0.1) is 0 Å². The van der Waals surface area contributed by atoms with Crippen LogP contribution in [0.15, 0.2) is 109 Å². The number of carboxylic acids is 1. The van der Waals surface area contributed by atoms with Gasteiger partial charge >= 0.3 is 18.0 Å². The lowest BCUT2D eigenvalue weighted by molar-refractivity contribution is -0.179. The molecule has 12 heteroatoms. The van der Waals surface area contributed by atoms with E-state index in [4.69, 9.17) is 18.9 Å². The van der Waals surface area contributed by atoms with E-state index in [9.17, 15) is 24.6 Å². The third-order valence-electron chi connectivity index (χ3n) is 9.88. The summed E-state index contributed by atoms with van der Waals surface area (Å²) in [6.45, 7) is -0.223. The summed E-state index contributed by atoms with van der Waals surface area (Å²) >= 11 is 0. The number of imide groups is 1. The first-order valence-electron chi connectivity index (χ1n) is 16.6. The number of morpholine rings is 1. The Kier molecular flexibility index (Phi) is 9.30. The summed E-state index contributed by atoms with van der Waals surface area (Å²) in [5, 5.41) is 20.5. The number of para-hydroxylation sites is 1. The standard InChI is InChI=1S/C39H36N2O10/c1-48-22-23-50-38(47)40-29-15-9-8-14-28(29)39(37(40)46)30(35(43)44)32-36(45)51-33(25-12-6-3-7-13-25)31(24-10-4-2-5-11-24)41(32)34(39)26-16-18-27(19-17-26)49-21-20-42/h2-19,30-34,42H,20-23H2,1H3,(H,43,44)/t30-,31-,32-,33+,34+,39-/m0/s1. The molecule has 0 aromatic heterocycles. The maximum absolute atomic E-state index is 15.3. The Bertz CT molecular complexity index is 1920. The van der Waals surface area contributed by atoms with Crippen LogP contribution in [0, 0.1) is 5.92 Å². The molecule has 0 radical (unpaired) electrons. The van der Waals surface area contributed by atoms with Crippen molar-refractivity contribution in [2.45, 2.75) is 29.6 Å². The molecule has 2 fully saturated rings. The number of benzene rings is 4. The Balaban J connectivity index is 1.51. The zero-order valence-electron chi connectivity index (χ0n) is 27.7. The third-order valence-corrected chi connectivity index (χ3v) is 9.88. The van der Waals surface area contributed by atoms with Crippen LogP contribution in [0.25, 0.3) is 0 Å². The van der Waals surface area contributed by atoms with Crippen LogP contribution in [-0.2, 0) is 34.0 Å². The highest BCUT2D eigenvalue weighted by Gasteiger charge is 2.76. The number of esters is 1. The second-order valence-electron chi connectivity index (χ2n) is 12.5. The number of amides is 2. The van der Waals surface area contributed by atoms with Gasteiger partial charge in [0.15, 0.2) is 0 Å². The van der Waals surface area contributed by atoms with Gasteiger partial charge < -0.3 is 29.2 Å². The van der Waals surface area contributed by atoms with Crippen LogP contribution in [-0.4, -0.2) is 78.6 Å². The molecule has 2 saturated heterocycles. The van der Waals surface area contributed by atoms with E-state index in [1.807, 2.05) is 60.7 Å². The highest BCUT2D eigenvalue weighted by Crippen LogP contribution is 2.65. The minimum atomic E-state index is -2.02. The summed E-state index contributed by atoms with van der Waals surface area (Å²) in [5.41, 5.74) is 0.320. The Labute approximate surface area is 293 Å². The number of hydrogen-bond donors (Lipinski definition) is 2. The Morgan fingerprint density at radius 2 is 1.43 bits per heavy atom. The molecule has 0 bridgehead atoms. The number of carbonyl (C=O) groups is 4. The molecule has 3 aliphatic heterocycles. The molecule has 262 valence electrons. The van der Waals surface area contributed by atoms with Crippen molar-refractivity contribution >= 4 is 29.6 Å². The van der Waals surface area contributed by atoms with Gasteiger partial charge in [0.25, 0.3) is 0 Å². The van der Waals surface area contributed by atoms with Gasteiger partial charge in [-0.05, 0) is 40.5 Å². The number of aliphatic carboxylic acids is 1. The monoisotopic (exact) mass is 692 g/mol. The smallest absolute Gasteiger partial charge is 0.421 e. The second kappa shape index (κ2) is 14.0. The Morgan fingerprint density at radius 3 is 2.08 bits per heavy atom. The number of aliphatic hydroxyl groups excluding tert-OH is 1. The molecule has 3 heterocycles. The number of rotatable bonds is 10. The molecule has 6 atom stereocenters. The molecule has 0 aliphatic carbocycles. The minimum Gasteiger partial charge on any atom is -0.491 e. The molecule has 2 N–H and O–H groups in total. The summed E-state index contributed by atoms with van der Waals surface area (Å²) in [4.78, 5) is 59.9. The topological polar surface area (TPSA) is 152 Å². The molecular weight excluding hydrogens is 656 g/mol. The highest BCUT2D eigenvalue weighted by atomic mass is 16.6. The van der Waals surface area contributed by atoms with Crippen molar-refractivity contribution in [1.82, 2.24) is 4.90 Å². The number of ether oxygens (including phenoxy) is 4. The number of fused-ring (bicyclic) bond motifs is 3. The SMILES string of the molecule is COCCOC(=O)N1C(=O)[C@@]2(c3ccccc31)[C@H](C(=O)O)[C@H]1C(=O)O[C@H](c3ccccc3)[C@H](c3ccccc3)N1[C@@H]2c1ccc(OCCO)cc1. The number of carbonyl (C=O) groups excluding carboxylic acids is 3. The van der Waals surface area contributed by atoms with Gasteiger partial charge in [-0.3, -0.25) is 19.3 Å². The van der Waals surface area contributed by atoms with E-state index in [1.165, 1.54) is 7.11 Å². The molecule has 2 amide bonds. The molecule has 0 unspecified atom stereocenters. The fraction of sp³-hybridized carbons (Fsp3) is 0.282. The first-order valence-corrected chi connectivity index (χ1v) is 16.6. The largest absolute Gasteiger partial charge is 0.491 e. The Morgan fingerprint density at radius 1 is 0.784 bits per heavy atom. The number of methoxy groups -OCH3 is 1. The van der Waals surface area contributed by atoms with Gasteiger partial charge in [-0.2, -0.15) is 0 Å². The van der Waals surface area contributed by atoms with E-state index in [0.29, 0.717) is 16.9 Å². The molecule has 12 nitrogen and oxygen atoms in total. The van der Waals surface area contributed by atoms with Crippen LogP contribution >= 0.6 is 0 Å². The average Bonchev–Trinajstić information content (AvgIpc) is 3.61. The molecule has 1 spiro atoms. The van der Waals surface area contributed by atoms with Crippen molar-refractivity contribution in [3.8, 4) is 5.75 Å². The van der Waals surface area contributed by atoms with Gasteiger partial charge in [-0.1, -0.05) is 91.0 Å². The number of aliphatic hydroxyl groups is 1. The molecule has 0 saturated carbocycles. The van der Waals surface area contributed by atoms with Gasteiger partial charge in [0.2, 0.25) is 5.91 Å². The van der Waals surface area contributed by atoms with Crippen LogP contribution < -0.4 is 9.64 Å². The second-order valence-corrected chi connectivity index (χ2v) is 12.5. The van der Waals surface area contributed by atoms with Crippen LogP contribution in [0.5, 0.6) is 5.75 Å². The maximum Gasteiger partial charge on any atom is 0.421 e. The maximum atomic E-state index is 15.3. The molecule has 51 heavy (non-hydrogen) atoms. The molecular formula is C39H36N2O10. The predicted molar refractivity (Wildman–Crippen MR) is 182 cm³/mol. The van der Waals surface area contributed by atoms with Crippen molar-refractivity contribution in [2.24, 2.45) is 5.92 Å². The zero-order chi connectivity index (χ0) is 35.7. The van der Waals surface area contributed by atoms with E-state index in [0.717, 1.165) is 10.5 Å². The molecule has 7 rings (SSSR count). The summed E-state index contributed by atoms with van der Waals surface area (Å²) < 4.78 is 22.3. The van der Waals surface area contributed by atoms with E-state index < -0.39 is 59.5 Å². The summed E-state index contributed by atoms with van der Waals surface area (Å²) in [5.74, 6) is -4.31. The number of anilines is 1. The fourth-order valence-corrected chi connectivity index (χ4v) is 8.01. The summed E-state index contributed by atoms with van der Waals surface area (Å²) in [6, 6.07) is 28.4. The quantitative estimate of drug-likeness (QED) is 0.177. The first-order chi connectivity index (χ1) is 24.8. The van der Waals surface area contributed by atoms with Crippen molar-refractivity contribution in [2.75, 3.05) is 38.4 Å². The lowest BCUT2D eigenvalue weighted by atomic mass is 9.65.